The van der Waals surface area contributed by atoms with Crippen LogP contribution in [0.15, 0.2) is 59.5 Å². The molecule has 0 spiro atoms. The van der Waals surface area contributed by atoms with Crippen molar-refractivity contribution in [2.75, 3.05) is 5.73 Å². The molecule has 2 rings (SSSR count). The Morgan fingerprint density at radius 2 is 1.64 bits per heavy atom. The van der Waals surface area contributed by atoms with Gasteiger partial charge in [0.2, 0.25) is 0 Å². The van der Waals surface area contributed by atoms with Gasteiger partial charge >= 0.3 is 5.97 Å². The van der Waals surface area contributed by atoms with Gasteiger partial charge in [-0.05, 0) is 42.3 Å². The molecule has 0 saturated heterocycles. The first-order valence-corrected chi connectivity index (χ1v) is 8.88. The summed E-state index contributed by atoms with van der Waals surface area (Å²) in [5, 5.41) is 9.52. The van der Waals surface area contributed by atoms with Gasteiger partial charge < -0.3 is 16.6 Å². The van der Waals surface area contributed by atoms with Crippen LogP contribution in [0.3, 0.4) is 0 Å². The first-order chi connectivity index (χ1) is 11.9. The molecule has 0 aliphatic rings. The van der Waals surface area contributed by atoms with E-state index >= 15 is 0 Å². The van der Waals surface area contributed by atoms with Gasteiger partial charge in [0.05, 0.1) is 0 Å². The average molecular weight is 358 g/mol. The van der Waals surface area contributed by atoms with Crippen LogP contribution in [0.2, 0.25) is 0 Å². The molecule has 0 aliphatic heterocycles. The van der Waals surface area contributed by atoms with Gasteiger partial charge in [0.1, 0.15) is 5.54 Å². The van der Waals surface area contributed by atoms with Crippen molar-refractivity contribution < 1.29 is 14.7 Å². The number of carboxylic acid groups (broad SMARTS) is 1. The van der Waals surface area contributed by atoms with Crippen LogP contribution in [0, 0.1) is 0 Å². The lowest BCUT2D eigenvalue weighted by molar-refractivity contribution is -0.144. The monoisotopic (exact) mass is 358 g/mol. The topological polar surface area (TPSA) is 106 Å². The summed E-state index contributed by atoms with van der Waals surface area (Å²) in [5.41, 5.74) is 11.7. The van der Waals surface area contributed by atoms with E-state index in [1.54, 1.807) is 30.3 Å². The van der Waals surface area contributed by atoms with Crippen LogP contribution in [-0.4, -0.2) is 16.2 Å². The van der Waals surface area contributed by atoms with E-state index in [9.17, 15) is 14.7 Å². The molecule has 0 aliphatic carbocycles. The molecule has 0 heterocycles. The van der Waals surface area contributed by atoms with E-state index in [1.165, 1.54) is 0 Å². The standard InChI is InChI=1S/C19H22N2O3S/c20-15-10-4-5-11-16(15)25-17(22)12-6-7-13-19(21,18(23)24)14-8-2-1-3-9-14/h1-5,8-11H,6-7,12-13,20-21H2,(H,23,24). The Bertz CT molecular complexity index is 736. The van der Waals surface area contributed by atoms with E-state index in [-0.39, 0.29) is 11.5 Å². The number of aliphatic carboxylic acids is 1. The zero-order valence-corrected chi connectivity index (χ0v) is 14.7. The highest BCUT2D eigenvalue weighted by Crippen LogP contribution is 2.28. The van der Waals surface area contributed by atoms with Crippen molar-refractivity contribution >= 4 is 28.5 Å². The minimum Gasteiger partial charge on any atom is -0.480 e. The molecule has 0 amide bonds. The van der Waals surface area contributed by atoms with E-state index in [1.807, 2.05) is 24.3 Å². The number of unbranched alkanes of at least 4 members (excludes halogenated alkanes) is 1. The average Bonchev–Trinajstić information content (AvgIpc) is 2.61. The Balaban J connectivity index is 1.86. The number of carboxylic acids is 1. The third-order valence-electron chi connectivity index (χ3n) is 4.02. The second kappa shape index (κ2) is 8.69. The molecule has 1 atom stereocenters. The minimum atomic E-state index is -1.43. The lowest BCUT2D eigenvalue weighted by atomic mass is 9.86. The SMILES string of the molecule is Nc1ccccc1SC(=O)CCCCC(N)(C(=O)O)c1ccccc1. The van der Waals surface area contributed by atoms with Crippen molar-refractivity contribution in [1.82, 2.24) is 0 Å². The van der Waals surface area contributed by atoms with Gasteiger partial charge in [0, 0.05) is 17.0 Å². The second-order valence-corrected chi connectivity index (χ2v) is 6.96. The van der Waals surface area contributed by atoms with Crippen molar-refractivity contribution in [2.45, 2.75) is 36.1 Å². The Kier molecular flexibility index (Phi) is 6.61. The third-order valence-corrected chi connectivity index (χ3v) is 5.04. The number of carbonyl (C=O) groups excluding carboxylic acids is 1. The number of thioether (sulfide) groups is 1. The predicted molar refractivity (Wildman–Crippen MR) is 100 cm³/mol. The van der Waals surface area contributed by atoms with Crippen molar-refractivity contribution in [3.63, 3.8) is 0 Å². The first kappa shape index (κ1) is 19.0. The number of carbonyl (C=O) groups is 2. The Labute approximate surface area is 151 Å². The van der Waals surface area contributed by atoms with Gasteiger partial charge in [-0.3, -0.25) is 4.79 Å². The fourth-order valence-corrected chi connectivity index (χ4v) is 3.35. The molecule has 6 heteroatoms. The number of rotatable bonds is 8. The van der Waals surface area contributed by atoms with Crippen LogP contribution in [-0.2, 0) is 15.1 Å². The summed E-state index contributed by atoms with van der Waals surface area (Å²) >= 11 is 1.12. The Morgan fingerprint density at radius 1 is 1.00 bits per heavy atom. The van der Waals surface area contributed by atoms with E-state index < -0.39 is 11.5 Å². The number of anilines is 1. The Morgan fingerprint density at radius 3 is 2.28 bits per heavy atom. The molecule has 2 aromatic rings. The second-order valence-electron chi connectivity index (χ2n) is 5.86. The molecular weight excluding hydrogens is 336 g/mol. The molecular formula is C19H22N2O3S. The quantitative estimate of drug-likeness (QED) is 0.379. The van der Waals surface area contributed by atoms with E-state index in [4.69, 9.17) is 11.5 Å². The van der Waals surface area contributed by atoms with E-state index in [0.29, 0.717) is 30.5 Å². The van der Waals surface area contributed by atoms with Gasteiger partial charge in [-0.2, -0.15) is 0 Å². The lowest BCUT2D eigenvalue weighted by Gasteiger charge is -2.25. The molecule has 0 fully saturated rings. The summed E-state index contributed by atoms with van der Waals surface area (Å²) in [6, 6.07) is 16.0. The molecule has 0 saturated carbocycles. The van der Waals surface area contributed by atoms with Crippen molar-refractivity contribution in [3.8, 4) is 0 Å². The largest absolute Gasteiger partial charge is 0.480 e. The lowest BCUT2D eigenvalue weighted by Crippen LogP contribution is -2.44. The first-order valence-electron chi connectivity index (χ1n) is 8.06. The normalized spacial score (nSPS) is 13.2. The molecule has 0 bridgehead atoms. The zero-order chi connectivity index (χ0) is 18.3. The van der Waals surface area contributed by atoms with Crippen LogP contribution in [0.1, 0.15) is 31.2 Å². The highest BCUT2D eigenvalue weighted by atomic mass is 32.2. The molecule has 1 unspecified atom stereocenters. The van der Waals surface area contributed by atoms with Crippen LogP contribution >= 0.6 is 11.8 Å². The number of nitrogen functional groups attached to an aromatic ring is 1. The summed E-state index contributed by atoms with van der Waals surface area (Å²) in [7, 11) is 0. The van der Waals surface area contributed by atoms with Crippen LogP contribution in [0.25, 0.3) is 0 Å². The van der Waals surface area contributed by atoms with Crippen molar-refractivity contribution in [2.24, 2.45) is 5.73 Å². The summed E-state index contributed by atoms with van der Waals surface area (Å²) < 4.78 is 0. The van der Waals surface area contributed by atoms with E-state index in [0.717, 1.165) is 16.7 Å². The van der Waals surface area contributed by atoms with Crippen molar-refractivity contribution in [1.29, 1.82) is 0 Å². The highest BCUT2D eigenvalue weighted by molar-refractivity contribution is 8.13. The summed E-state index contributed by atoms with van der Waals surface area (Å²) in [4.78, 5) is 24.4. The van der Waals surface area contributed by atoms with Gasteiger partial charge in [-0.15, -0.1) is 0 Å². The smallest absolute Gasteiger partial charge is 0.328 e. The van der Waals surface area contributed by atoms with Gasteiger partial charge in [-0.25, -0.2) is 4.79 Å². The van der Waals surface area contributed by atoms with E-state index in [2.05, 4.69) is 0 Å². The molecule has 25 heavy (non-hydrogen) atoms. The third kappa shape index (κ3) is 5.08. The Hall–Kier alpha value is -2.31. The fourth-order valence-electron chi connectivity index (χ4n) is 2.53. The van der Waals surface area contributed by atoms with Gasteiger partial charge in [-0.1, -0.05) is 48.9 Å². The number of hydrogen-bond donors (Lipinski definition) is 3. The van der Waals surface area contributed by atoms with Gasteiger partial charge in [0.15, 0.2) is 5.12 Å². The zero-order valence-electron chi connectivity index (χ0n) is 13.9. The molecule has 132 valence electrons. The number of hydrogen-bond acceptors (Lipinski definition) is 5. The summed E-state index contributed by atoms with van der Waals surface area (Å²) in [5.74, 6) is -1.06. The van der Waals surface area contributed by atoms with Crippen LogP contribution < -0.4 is 11.5 Å². The summed E-state index contributed by atoms with van der Waals surface area (Å²) in [6.07, 6.45) is 1.76. The number of benzene rings is 2. The van der Waals surface area contributed by atoms with Gasteiger partial charge in [0.25, 0.3) is 0 Å². The maximum atomic E-state index is 12.1. The molecule has 5 N–H and O–H groups in total. The number of nitrogens with two attached hydrogens (primary N) is 2. The molecule has 5 nitrogen and oxygen atoms in total. The van der Waals surface area contributed by atoms with Crippen molar-refractivity contribution in [3.05, 3.63) is 60.2 Å². The summed E-state index contributed by atoms with van der Waals surface area (Å²) in [6.45, 7) is 0. The maximum Gasteiger partial charge on any atom is 0.328 e. The number of para-hydroxylation sites is 1. The fraction of sp³-hybridized carbons (Fsp3) is 0.263. The molecule has 0 radical (unpaired) electrons. The van der Waals surface area contributed by atoms with Crippen LogP contribution in [0.5, 0.6) is 0 Å². The highest BCUT2D eigenvalue weighted by Gasteiger charge is 2.35. The minimum absolute atomic E-state index is 0.00978. The molecule has 2 aromatic carbocycles. The predicted octanol–water partition coefficient (Wildman–Crippen LogP) is 3.39. The maximum absolute atomic E-state index is 12.1. The van der Waals surface area contributed by atoms with Crippen LogP contribution in [0.4, 0.5) is 5.69 Å². The molecule has 0 aromatic heterocycles.